The molecule has 0 aliphatic heterocycles. The molecule has 1 N–H and O–H groups in total. The van der Waals surface area contributed by atoms with Crippen molar-refractivity contribution in [1.29, 1.82) is 0 Å². The van der Waals surface area contributed by atoms with Crippen LogP contribution in [0.5, 0.6) is 0 Å². The minimum absolute atomic E-state index is 0.531. The Morgan fingerprint density at radius 3 is 2.76 bits per heavy atom. The van der Waals surface area contributed by atoms with Crippen molar-refractivity contribution < 1.29 is 4.42 Å². The van der Waals surface area contributed by atoms with Crippen molar-refractivity contribution in [2.24, 2.45) is 0 Å². The monoisotopic (exact) mass is 295 g/mol. The van der Waals surface area contributed by atoms with Gasteiger partial charge in [-0.1, -0.05) is 0 Å². The largest absolute Gasteiger partial charge is 0.444 e. The molecule has 17 heavy (non-hydrogen) atoms. The van der Waals surface area contributed by atoms with Gasteiger partial charge in [0.2, 0.25) is 5.89 Å². The summed E-state index contributed by atoms with van der Waals surface area (Å²) in [4.78, 5) is 8.56. The summed E-state index contributed by atoms with van der Waals surface area (Å²) in [7, 11) is 0. The summed E-state index contributed by atoms with van der Waals surface area (Å²) in [5.74, 6) is 2.34. The highest BCUT2D eigenvalue weighted by Crippen LogP contribution is 2.23. The van der Waals surface area contributed by atoms with Crippen LogP contribution in [0.3, 0.4) is 0 Å². The van der Waals surface area contributed by atoms with Crippen molar-refractivity contribution in [1.82, 2.24) is 9.97 Å². The molecule has 2 heterocycles. The lowest BCUT2D eigenvalue weighted by Gasteiger charge is -2.06. The van der Waals surface area contributed by atoms with Crippen LogP contribution in [0.1, 0.15) is 22.9 Å². The molecule has 2 aromatic heterocycles. The number of pyridine rings is 1. The molecule has 0 aliphatic carbocycles. The third-order valence-electron chi connectivity index (χ3n) is 2.56. The lowest BCUT2D eigenvalue weighted by molar-refractivity contribution is 0.478. The van der Waals surface area contributed by atoms with Gasteiger partial charge in [-0.25, -0.2) is 9.97 Å². The number of halogens is 1. The van der Waals surface area contributed by atoms with Crippen LogP contribution in [-0.4, -0.2) is 9.97 Å². The zero-order valence-electron chi connectivity index (χ0n) is 10.0. The van der Waals surface area contributed by atoms with E-state index < -0.39 is 0 Å². The number of hydrogen-bond donors (Lipinski definition) is 1. The van der Waals surface area contributed by atoms with Crippen molar-refractivity contribution in [3.8, 4) is 0 Å². The Bertz CT molecular complexity index is 517. The molecule has 0 unspecified atom stereocenters. The number of aryl methyl sites for hydroxylation is 3. The second kappa shape index (κ2) is 4.87. The van der Waals surface area contributed by atoms with Crippen LogP contribution in [0.25, 0.3) is 0 Å². The molecule has 5 heteroatoms. The molecule has 0 saturated carbocycles. The van der Waals surface area contributed by atoms with E-state index >= 15 is 0 Å². The molecule has 0 amide bonds. The highest BCUT2D eigenvalue weighted by molar-refractivity contribution is 9.10. The Morgan fingerprint density at radius 1 is 1.35 bits per heavy atom. The average molecular weight is 296 g/mol. The summed E-state index contributed by atoms with van der Waals surface area (Å²) in [6.45, 7) is 6.40. The molecule has 0 saturated heterocycles. The molecule has 0 bridgehead atoms. The van der Waals surface area contributed by atoms with E-state index in [1.165, 1.54) is 0 Å². The fourth-order valence-corrected chi connectivity index (χ4v) is 1.81. The fraction of sp³-hybridized carbons (Fsp3) is 0.333. The van der Waals surface area contributed by atoms with E-state index in [4.69, 9.17) is 4.42 Å². The van der Waals surface area contributed by atoms with Gasteiger partial charge in [-0.3, -0.25) is 0 Å². The van der Waals surface area contributed by atoms with Crippen LogP contribution in [0, 0.1) is 20.8 Å². The molecule has 90 valence electrons. The molecule has 4 nitrogen and oxygen atoms in total. The van der Waals surface area contributed by atoms with Gasteiger partial charge in [-0.05, 0) is 48.3 Å². The Hall–Kier alpha value is -1.36. The average Bonchev–Trinajstić information content (AvgIpc) is 2.61. The Kier molecular flexibility index (Phi) is 3.47. The van der Waals surface area contributed by atoms with E-state index in [2.05, 4.69) is 31.2 Å². The van der Waals surface area contributed by atoms with E-state index in [0.29, 0.717) is 12.4 Å². The predicted molar refractivity (Wildman–Crippen MR) is 70.0 cm³/mol. The van der Waals surface area contributed by atoms with E-state index in [9.17, 15) is 0 Å². The van der Waals surface area contributed by atoms with Crippen LogP contribution < -0.4 is 5.32 Å². The van der Waals surface area contributed by atoms with Gasteiger partial charge in [-0.2, -0.15) is 0 Å². The van der Waals surface area contributed by atoms with Gasteiger partial charge in [0.25, 0.3) is 0 Å². The number of anilines is 1. The Morgan fingerprint density at radius 2 is 2.12 bits per heavy atom. The van der Waals surface area contributed by atoms with Gasteiger partial charge in [0, 0.05) is 6.20 Å². The zero-order chi connectivity index (χ0) is 12.4. The molecule has 0 atom stereocenters. The minimum Gasteiger partial charge on any atom is -0.444 e. The molecule has 2 rings (SSSR count). The van der Waals surface area contributed by atoms with Crippen LogP contribution >= 0.6 is 15.9 Å². The fourth-order valence-electron chi connectivity index (χ4n) is 1.44. The summed E-state index contributed by atoms with van der Waals surface area (Å²) in [5, 5.41) is 3.20. The maximum absolute atomic E-state index is 5.49. The topological polar surface area (TPSA) is 51.0 Å². The summed E-state index contributed by atoms with van der Waals surface area (Å²) in [6, 6.07) is 1.95. The highest BCUT2D eigenvalue weighted by atomic mass is 79.9. The Balaban J connectivity index is 2.10. The molecule has 0 fully saturated rings. The first kappa shape index (κ1) is 12.1. The van der Waals surface area contributed by atoms with E-state index in [0.717, 1.165) is 27.3 Å². The predicted octanol–water partition coefficient (Wildman–Crippen LogP) is 3.37. The smallest absolute Gasteiger partial charge is 0.213 e. The second-order valence-corrected chi connectivity index (χ2v) is 4.69. The van der Waals surface area contributed by atoms with Gasteiger partial charge >= 0.3 is 0 Å². The first-order chi connectivity index (χ1) is 8.08. The number of hydrogen-bond acceptors (Lipinski definition) is 4. The number of aromatic nitrogens is 2. The molecular formula is C12H14BrN3O. The van der Waals surface area contributed by atoms with Crippen molar-refractivity contribution in [3.05, 3.63) is 39.6 Å². The molecular weight excluding hydrogens is 282 g/mol. The number of nitrogens with zero attached hydrogens (tertiary/aromatic N) is 2. The quantitative estimate of drug-likeness (QED) is 0.943. The number of nitrogens with one attached hydrogen (secondary N) is 1. The van der Waals surface area contributed by atoms with Crippen LogP contribution in [-0.2, 0) is 6.54 Å². The number of rotatable bonds is 3. The van der Waals surface area contributed by atoms with Gasteiger partial charge in [0.1, 0.15) is 11.6 Å². The van der Waals surface area contributed by atoms with Crippen LogP contribution in [0.15, 0.2) is 21.2 Å². The lowest BCUT2D eigenvalue weighted by atomic mass is 10.3. The highest BCUT2D eigenvalue weighted by Gasteiger charge is 2.07. The molecule has 0 aliphatic rings. The first-order valence-electron chi connectivity index (χ1n) is 5.36. The molecule has 0 aromatic carbocycles. The van der Waals surface area contributed by atoms with Gasteiger partial charge < -0.3 is 9.73 Å². The summed E-state index contributed by atoms with van der Waals surface area (Å²) >= 11 is 3.50. The third kappa shape index (κ3) is 2.66. The standard InChI is InChI=1S/C12H14BrN3O/c1-7-4-5-14-12(11(7)13)15-6-10-16-8(2)9(3)17-10/h4-5H,6H2,1-3H3,(H,14,15). The summed E-state index contributed by atoms with van der Waals surface area (Å²) in [6.07, 6.45) is 1.77. The van der Waals surface area contributed by atoms with Gasteiger partial charge in [0.05, 0.1) is 16.7 Å². The van der Waals surface area contributed by atoms with Crippen molar-refractivity contribution in [3.63, 3.8) is 0 Å². The minimum atomic E-state index is 0.531. The maximum atomic E-state index is 5.49. The van der Waals surface area contributed by atoms with Crippen molar-refractivity contribution in [2.45, 2.75) is 27.3 Å². The Labute approximate surface area is 109 Å². The van der Waals surface area contributed by atoms with Gasteiger partial charge in [0.15, 0.2) is 0 Å². The summed E-state index contributed by atoms with van der Waals surface area (Å²) < 4.78 is 6.46. The molecule has 2 aromatic rings. The van der Waals surface area contributed by atoms with Crippen molar-refractivity contribution >= 4 is 21.7 Å². The maximum Gasteiger partial charge on any atom is 0.213 e. The van der Waals surface area contributed by atoms with Crippen LogP contribution in [0.2, 0.25) is 0 Å². The van der Waals surface area contributed by atoms with Gasteiger partial charge in [-0.15, -0.1) is 0 Å². The molecule has 0 spiro atoms. The summed E-state index contributed by atoms with van der Waals surface area (Å²) in [5.41, 5.74) is 2.07. The zero-order valence-corrected chi connectivity index (χ0v) is 11.6. The van der Waals surface area contributed by atoms with Crippen molar-refractivity contribution in [2.75, 3.05) is 5.32 Å². The molecule has 0 radical (unpaired) electrons. The van der Waals surface area contributed by atoms with E-state index in [1.54, 1.807) is 6.20 Å². The van der Waals surface area contributed by atoms with E-state index in [1.807, 2.05) is 26.8 Å². The van der Waals surface area contributed by atoms with E-state index in [-0.39, 0.29) is 0 Å². The normalized spacial score (nSPS) is 10.6. The third-order valence-corrected chi connectivity index (χ3v) is 3.56. The second-order valence-electron chi connectivity index (χ2n) is 3.89. The first-order valence-corrected chi connectivity index (χ1v) is 6.15. The lowest BCUT2D eigenvalue weighted by Crippen LogP contribution is -2.02. The SMILES string of the molecule is Cc1ccnc(NCc2nc(C)c(C)o2)c1Br. The van der Waals surface area contributed by atoms with Crippen LogP contribution in [0.4, 0.5) is 5.82 Å². The number of oxazole rings is 1.